The lowest BCUT2D eigenvalue weighted by Gasteiger charge is -2.23. The molecular formula is C17H18ClFN2O3S. The lowest BCUT2D eigenvalue weighted by atomic mass is 10.2. The van der Waals surface area contributed by atoms with Crippen molar-refractivity contribution in [2.45, 2.75) is 13.5 Å². The van der Waals surface area contributed by atoms with Gasteiger partial charge < -0.3 is 5.32 Å². The summed E-state index contributed by atoms with van der Waals surface area (Å²) in [7, 11) is -3.68. The van der Waals surface area contributed by atoms with Gasteiger partial charge in [0.05, 0.1) is 11.9 Å². The predicted molar refractivity (Wildman–Crippen MR) is 96.6 cm³/mol. The molecule has 0 bridgehead atoms. The molecule has 25 heavy (non-hydrogen) atoms. The van der Waals surface area contributed by atoms with Gasteiger partial charge in [-0.3, -0.25) is 9.10 Å². The summed E-state index contributed by atoms with van der Waals surface area (Å²) in [5.41, 5.74) is 1.32. The zero-order valence-corrected chi connectivity index (χ0v) is 15.4. The molecule has 2 rings (SSSR count). The van der Waals surface area contributed by atoms with Crippen LogP contribution in [0.15, 0.2) is 42.5 Å². The Morgan fingerprint density at radius 2 is 1.92 bits per heavy atom. The minimum absolute atomic E-state index is 0.0251. The van der Waals surface area contributed by atoms with Crippen molar-refractivity contribution < 1.29 is 17.6 Å². The molecule has 8 heteroatoms. The molecule has 0 aliphatic heterocycles. The predicted octanol–water partition coefficient (Wildman–Crippen LogP) is 2.87. The second-order valence-corrected chi connectivity index (χ2v) is 7.91. The lowest BCUT2D eigenvalue weighted by Crippen LogP contribution is -2.40. The molecule has 0 saturated carbocycles. The Hall–Kier alpha value is -2.12. The Kier molecular flexibility index (Phi) is 6.02. The number of nitrogens with one attached hydrogen (secondary N) is 1. The Morgan fingerprint density at radius 1 is 1.24 bits per heavy atom. The molecule has 0 aliphatic carbocycles. The molecule has 2 aromatic carbocycles. The molecule has 5 nitrogen and oxygen atoms in total. The Balaban J connectivity index is 2.15. The third-order valence-electron chi connectivity index (χ3n) is 3.55. The van der Waals surface area contributed by atoms with Crippen LogP contribution in [-0.2, 0) is 21.4 Å². The van der Waals surface area contributed by atoms with E-state index in [1.807, 2.05) is 0 Å². The summed E-state index contributed by atoms with van der Waals surface area (Å²) in [5.74, 6) is -0.973. The van der Waals surface area contributed by atoms with Crippen molar-refractivity contribution in [2.24, 2.45) is 0 Å². The number of sulfonamides is 1. The number of amides is 1. The van der Waals surface area contributed by atoms with Crippen molar-refractivity contribution in [3.8, 4) is 0 Å². The second-order valence-electron chi connectivity index (χ2n) is 5.57. The highest BCUT2D eigenvalue weighted by Gasteiger charge is 2.22. The van der Waals surface area contributed by atoms with Crippen LogP contribution >= 0.6 is 11.6 Å². The summed E-state index contributed by atoms with van der Waals surface area (Å²) in [6, 6.07) is 10.8. The molecule has 0 radical (unpaired) electrons. The summed E-state index contributed by atoms with van der Waals surface area (Å²) < 4.78 is 38.7. The maximum Gasteiger partial charge on any atom is 0.241 e. The molecule has 1 amide bonds. The molecule has 1 N–H and O–H groups in total. The Morgan fingerprint density at radius 3 is 2.52 bits per heavy atom. The monoisotopic (exact) mass is 384 g/mol. The van der Waals surface area contributed by atoms with Crippen molar-refractivity contribution in [1.29, 1.82) is 0 Å². The number of carbonyl (C=O) groups is 1. The Bertz CT molecular complexity index is 887. The van der Waals surface area contributed by atoms with E-state index in [0.29, 0.717) is 21.8 Å². The van der Waals surface area contributed by atoms with E-state index in [4.69, 9.17) is 11.6 Å². The summed E-state index contributed by atoms with van der Waals surface area (Å²) in [5, 5.41) is 3.00. The smallest absolute Gasteiger partial charge is 0.241 e. The number of halogens is 2. The average molecular weight is 385 g/mol. The van der Waals surface area contributed by atoms with Crippen LogP contribution in [0.3, 0.4) is 0 Å². The highest BCUT2D eigenvalue weighted by atomic mass is 35.5. The van der Waals surface area contributed by atoms with E-state index < -0.39 is 28.3 Å². The number of nitrogens with zero attached hydrogens (tertiary/aromatic N) is 1. The topological polar surface area (TPSA) is 66.5 Å². The number of hydrogen-bond donors (Lipinski definition) is 1. The molecular weight excluding hydrogens is 367 g/mol. The van der Waals surface area contributed by atoms with E-state index >= 15 is 0 Å². The SMILES string of the molecule is Cc1cc(Cl)ccc1N(CC(=O)NCc1ccccc1F)S(C)(=O)=O. The maximum absolute atomic E-state index is 13.6. The van der Waals surface area contributed by atoms with Crippen LogP contribution in [0.5, 0.6) is 0 Å². The third-order valence-corrected chi connectivity index (χ3v) is 4.91. The van der Waals surface area contributed by atoms with Crippen LogP contribution in [0, 0.1) is 12.7 Å². The second kappa shape index (κ2) is 7.84. The molecule has 0 aliphatic rings. The number of hydrogen-bond acceptors (Lipinski definition) is 3. The molecule has 0 unspecified atom stereocenters. The van der Waals surface area contributed by atoms with Crippen molar-refractivity contribution in [3.63, 3.8) is 0 Å². The Labute approximate surface area is 151 Å². The largest absolute Gasteiger partial charge is 0.350 e. The molecule has 0 spiro atoms. The van der Waals surface area contributed by atoms with E-state index in [0.717, 1.165) is 10.6 Å². The van der Waals surface area contributed by atoms with Crippen LogP contribution < -0.4 is 9.62 Å². The first-order valence-corrected chi connectivity index (χ1v) is 9.65. The highest BCUT2D eigenvalue weighted by molar-refractivity contribution is 7.92. The summed E-state index contributed by atoms with van der Waals surface area (Å²) >= 11 is 5.89. The van der Waals surface area contributed by atoms with E-state index in [1.165, 1.54) is 6.07 Å². The summed E-state index contributed by atoms with van der Waals surface area (Å²) in [6.07, 6.45) is 1.02. The van der Waals surface area contributed by atoms with Gasteiger partial charge in [0.2, 0.25) is 15.9 Å². The number of rotatable bonds is 6. The average Bonchev–Trinajstić information content (AvgIpc) is 2.51. The van der Waals surface area contributed by atoms with Gasteiger partial charge in [-0.2, -0.15) is 0 Å². The van der Waals surface area contributed by atoms with Gasteiger partial charge in [-0.05, 0) is 36.8 Å². The molecule has 0 atom stereocenters. The van der Waals surface area contributed by atoms with Gasteiger partial charge in [0.25, 0.3) is 0 Å². The standard InChI is InChI=1S/C17H18ClFN2O3S/c1-12-9-14(18)7-8-16(12)21(25(2,23)24)11-17(22)20-10-13-5-3-4-6-15(13)19/h3-9H,10-11H2,1-2H3,(H,20,22). The maximum atomic E-state index is 13.6. The minimum atomic E-state index is -3.68. The molecule has 0 saturated heterocycles. The first-order chi connectivity index (χ1) is 11.7. The molecule has 0 heterocycles. The fraction of sp³-hybridized carbons (Fsp3) is 0.235. The zero-order chi connectivity index (χ0) is 18.6. The van der Waals surface area contributed by atoms with Gasteiger partial charge >= 0.3 is 0 Å². The normalized spacial score (nSPS) is 11.2. The van der Waals surface area contributed by atoms with Crippen LogP contribution in [0.4, 0.5) is 10.1 Å². The molecule has 134 valence electrons. The summed E-state index contributed by atoms with van der Waals surface area (Å²) in [6.45, 7) is 1.27. The number of anilines is 1. The first kappa shape index (κ1) is 19.2. The van der Waals surface area contributed by atoms with Gasteiger partial charge in [0.15, 0.2) is 0 Å². The molecule has 2 aromatic rings. The fourth-order valence-electron chi connectivity index (χ4n) is 2.30. The number of aryl methyl sites for hydroxylation is 1. The van der Waals surface area contributed by atoms with Crippen molar-refractivity contribution in [2.75, 3.05) is 17.1 Å². The van der Waals surface area contributed by atoms with Crippen LogP contribution in [0.1, 0.15) is 11.1 Å². The lowest BCUT2D eigenvalue weighted by molar-refractivity contribution is -0.119. The molecule has 0 fully saturated rings. The van der Waals surface area contributed by atoms with Crippen LogP contribution in [-0.4, -0.2) is 27.1 Å². The van der Waals surface area contributed by atoms with Gasteiger partial charge in [-0.1, -0.05) is 29.8 Å². The number of benzene rings is 2. The third kappa shape index (κ3) is 5.17. The quantitative estimate of drug-likeness (QED) is 0.832. The van der Waals surface area contributed by atoms with Crippen LogP contribution in [0.25, 0.3) is 0 Å². The van der Waals surface area contributed by atoms with Crippen molar-refractivity contribution in [1.82, 2.24) is 5.32 Å². The fourth-order valence-corrected chi connectivity index (χ4v) is 3.44. The zero-order valence-electron chi connectivity index (χ0n) is 13.8. The van der Waals surface area contributed by atoms with E-state index in [2.05, 4.69) is 5.32 Å². The first-order valence-electron chi connectivity index (χ1n) is 7.42. The highest BCUT2D eigenvalue weighted by Crippen LogP contribution is 2.25. The van der Waals surface area contributed by atoms with E-state index in [9.17, 15) is 17.6 Å². The minimum Gasteiger partial charge on any atom is -0.350 e. The number of carbonyl (C=O) groups excluding carboxylic acids is 1. The summed E-state index contributed by atoms with van der Waals surface area (Å²) in [4.78, 5) is 12.2. The van der Waals surface area contributed by atoms with Crippen LogP contribution in [0.2, 0.25) is 5.02 Å². The van der Waals surface area contributed by atoms with E-state index in [1.54, 1.807) is 43.3 Å². The van der Waals surface area contributed by atoms with Gasteiger partial charge in [0.1, 0.15) is 12.4 Å². The van der Waals surface area contributed by atoms with Crippen molar-refractivity contribution in [3.05, 3.63) is 64.4 Å². The van der Waals surface area contributed by atoms with Gasteiger partial charge in [-0.15, -0.1) is 0 Å². The van der Waals surface area contributed by atoms with Gasteiger partial charge in [0, 0.05) is 17.1 Å². The van der Waals surface area contributed by atoms with E-state index in [-0.39, 0.29) is 6.54 Å². The molecule has 0 aromatic heterocycles. The van der Waals surface area contributed by atoms with Gasteiger partial charge in [-0.25, -0.2) is 12.8 Å². The van der Waals surface area contributed by atoms with Crippen molar-refractivity contribution >= 4 is 33.2 Å².